The van der Waals surface area contributed by atoms with Gasteiger partial charge in [-0.25, -0.2) is 0 Å². The highest BCUT2D eigenvalue weighted by Crippen LogP contribution is 2.35. The van der Waals surface area contributed by atoms with Crippen LogP contribution in [0.1, 0.15) is 17.5 Å². The SMILES string of the molecule is CCOC(=O)Cn1c(=NC(=O)c2cc3ccccc3o2)sc2cc3c(cc21)OCCO3. The summed E-state index contributed by atoms with van der Waals surface area (Å²) in [7, 11) is 0. The maximum atomic E-state index is 12.8. The Morgan fingerprint density at radius 1 is 1.13 bits per heavy atom. The second-order valence-corrected chi connectivity index (χ2v) is 7.81. The molecule has 0 atom stereocenters. The largest absolute Gasteiger partial charge is 0.486 e. The molecule has 0 saturated heterocycles. The van der Waals surface area contributed by atoms with Gasteiger partial charge in [0, 0.05) is 17.5 Å². The lowest BCUT2D eigenvalue weighted by Crippen LogP contribution is -2.23. The third-order valence-electron chi connectivity index (χ3n) is 4.77. The topological polar surface area (TPSA) is 92.3 Å². The number of ether oxygens (including phenoxy) is 3. The molecule has 4 aromatic rings. The number of hydrogen-bond acceptors (Lipinski definition) is 7. The summed E-state index contributed by atoms with van der Waals surface area (Å²) in [5.74, 6) is 0.391. The van der Waals surface area contributed by atoms with E-state index in [2.05, 4.69) is 4.99 Å². The zero-order valence-corrected chi connectivity index (χ0v) is 17.4. The molecule has 1 aliphatic rings. The molecule has 1 amide bonds. The molecule has 0 N–H and O–H groups in total. The summed E-state index contributed by atoms with van der Waals surface area (Å²) in [6, 6.07) is 12.6. The maximum Gasteiger partial charge on any atom is 0.326 e. The Kier molecular flexibility index (Phi) is 4.95. The van der Waals surface area contributed by atoms with E-state index in [-0.39, 0.29) is 18.9 Å². The van der Waals surface area contributed by atoms with Gasteiger partial charge in [0.25, 0.3) is 0 Å². The third-order valence-corrected chi connectivity index (χ3v) is 5.81. The number of rotatable bonds is 4. The zero-order valence-electron chi connectivity index (χ0n) is 16.6. The van der Waals surface area contributed by atoms with Gasteiger partial charge >= 0.3 is 11.9 Å². The van der Waals surface area contributed by atoms with Gasteiger partial charge in [-0.1, -0.05) is 29.5 Å². The Morgan fingerprint density at radius 2 is 1.90 bits per heavy atom. The van der Waals surface area contributed by atoms with Gasteiger partial charge in [0.15, 0.2) is 22.1 Å². The molecule has 0 unspecified atom stereocenters. The second kappa shape index (κ2) is 7.92. The molecule has 0 fully saturated rings. The van der Waals surface area contributed by atoms with Crippen LogP contribution >= 0.6 is 11.3 Å². The lowest BCUT2D eigenvalue weighted by Gasteiger charge is -2.18. The smallest absolute Gasteiger partial charge is 0.326 e. The minimum absolute atomic E-state index is 0.0836. The first-order valence-electron chi connectivity index (χ1n) is 9.78. The monoisotopic (exact) mass is 438 g/mol. The molecule has 2 aromatic carbocycles. The second-order valence-electron chi connectivity index (χ2n) is 6.80. The summed E-state index contributed by atoms with van der Waals surface area (Å²) >= 11 is 1.28. The number of furan rings is 1. The predicted molar refractivity (Wildman–Crippen MR) is 114 cm³/mol. The van der Waals surface area contributed by atoms with Gasteiger partial charge in [0.2, 0.25) is 0 Å². The Morgan fingerprint density at radius 3 is 2.68 bits per heavy atom. The molecule has 8 nitrogen and oxygen atoms in total. The van der Waals surface area contributed by atoms with Crippen LogP contribution in [0.15, 0.2) is 51.9 Å². The van der Waals surface area contributed by atoms with Gasteiger partial charge in [-0.2, -0.15) is 4.99 Å². The standard InChI is InChI=1S/C22H18N2O6S/c1-2-27-20(25)12-24-14-10-16-17(29-8-7-28-16)11-19(14)31-22(24)23-21(26)18-9-13-5-3-4-6-15(13)30-18/h3-6,9-11H,2,7-8,12H2,1H3. The number of carbonyl (C=O) groups is 2. The first-order chi connectivity index (χ1) is 15.1. The molecule has 0 saturated carbocycles. The summed E-state index contributed by atoms with van der Waals surface area (Å²) in [4.78, 5) is 29.7. The molecular weight excluding hydrogens is 420 g/mol. The van der Waals surface area contributed by atoms with Crippen LogP contribution < -0.4 is 14.3 Å². The van der Waals surface area contributed by atoms with Crippen LogP contribution in [0.3, 0.4) is 0 Å². The van der Waals surface area contributed by atoms with Crippen molar-refractivity contribution >= 4 is 44.4 Å². The molecule has 1 aliphatic heterocycles. The van der Waals surface area contributed by atoms with Crippen molar-refractivity contribution in [3.05, 3.63) is 53.0 Å². The number of fused-ring (bicyclic) bond motifs is 3. The van der Waals surface area contributed by atoms with Gasteiger partial charge in [-0.3, -0.25) is 9.59 Å². The van der Waals surface area contributed by atoms with Gasteiger partial charge in [0.05, 0.1) is 16.8 Å². The van der Waals surface area contributed by atoms with E-state index in [0.29, 0.717) is 40.6 Å². The number of aromatic nitrogens is 1. The van der Waals surface area contributed by atoms with E-state index in [1.54, 1.807) is 29.7 Å². The molecule has 2 aromatic heterocycles. The highest BCUT2D eigenvalue weighted by atomic mass is 32.1. The molecule has 9 heteroatoms. The quantitative estimate of drug-likeness (QED) is 0.453. The minimum Gasteiger partial charge on any atom is -0.486 e. The number of benzene rings is 2. The first-order valence-corrected chi connectivity index (χ1v) is 10.6. The van der Waals surface area contributed by atoms with Crippen LogP contribution in [-0.2, 0) is 16.1 Å². The number of hydrogen-bond donors (Lipinski definition) is 0. The normalized spacial score (nSPS) is 13.6. The average molecular weight is 438 g/mol. The maximum absolute atomic E-state index is 12.8. The van der Waals surface area contributed by atoms with Crippen molar-refractivity contribution in [1.82, 2.24) is 4.57 Å². The predicted octanol–water partition coefficient (Wildman–Crippen LogP) is 3.52. The van der Waals surface area contributed by atoms with Crippen LogP contribution in [0.5, 0.6) is 11.5 Å². The van der Waals surface area contributed by atoms with Crippen molar-refractivity contribution in [1.29, 1.82) is 0 Å². The van der Waals surface area contributed by atoms with Crippen LogP contribution in [-0.4, -0.2) is 36.3 Å². The number of thiazole rings is 1. The first kappa shape index (κ1) is 19.4. The van der Waals surface area contributed by atoms with E-state index in [4.69, 9.17) is 18.6 Å². The summed E-state index contributed by atoms with van der Waals surface area (Å²) in [5.41, 5.74) is 1.32. The van der Waals surface area contributed by atoms with Crippen molar-refractivity contribution in [3.63, 3.8) is 0 Å². The number of esters is 1. The molecule has 158 valence electrons. The molecule has 0 aliphatic carbocycles. The van der Waals surface area contributed by atoms with E-state index in [1.165, 1.54) is 11.3 Å². The van der Waals surface area contributed by atoms with Crippen LogP contribution in [0.4, 0.5) is 0 Å². The van der Waals surface area contributed by atoms with Crippen molar-refractivity contribution in [2.75, 3.05) is 19.8 Å². The summed E-state index contributed by atoms with van der Waals surface area (Å²) in [5, 5.41) is 0.818. The fraction of sp³-hybridized carbons (Fsp3) is 0.227. The van der Waals surface area contributed by atoms with Gasteiger partial charge in [0.1, 0.15) is 25.3 Å². The molecule has 0 bridgehead atoms. The number of carbonyl (C=O) groups excluding carboxylic acids is 2. The molecule has 31 heavy (non-hydrogen) atoms. The highest BCUT2D eigenvalue weighted by molar-refractivity contribution is 7.16. The number of amides is 1. The van der Waals surface area contributed by atoms with Crippen LogP contribution in [0, 0.1) is 0 Å². The van der Waals surface area contributed by atoms with E-state index in [1.807, 2.05) is 24.3 Å². The lowest BCUT2D eigenvalue weighted by atomic mass is 10.2. The van der Waals surface area contributed by atoms with Crippen molar-refractivity contribution < 1.29 is 28.2 Å². The van der Waals surface area contributed by atoms with Gasteiger partial charge in [-0.05, 0) is 19.1 Å². The van der Waals surface area contributed by atoms with E-state index in [9.17, 15) is 9.59 Å². The Bertz CT molecular complexity index is 1350. The van der Waals surface area contributed by atoms with Crippen LogP contribution in [0.25, 0.3) is 21.2 Å². The minimum atomic E-state index is -0.530. The van der Waals surface area contributed by atoms with Crippen molar-refractivity contribution in [3.8, 4) is 11.5 Å². The number of para-hydroxylation sites is 1. The molecule has 0 spiro atoms. The van der Waals surface area contributed by atoms with Crippen molar-refractivity contribution in [2.45, 2.75) is 13.5 Å². The van der Waals surface area contributed by atoms with Gasteiger partial charge < -0.3 is 23.2 Å². The average Bonchev–Trinajstić information content (AvgIpc) is 3.34. The van der Waals surface area contributed by atoms with Gasteiger partial charge in [-0.15, -0.1) is 0 Å². The summed E-state index contributed by atoms with van der Waals surface area (Å²) in [6.45, 7) is 2.83. The Balaban J connectivity index is 1.63. The van der Waals surface area contributed by atoms with E-state index < -0.39 is 11.9 Å². The lowest BCUT2D eigenvalue weighted by molar-refractivity contribution is -0.143. The Hall–Kier alpha value is -3.59. The molecule has 5 rings (SSSR count). The Labute approximate surface area is 180 Å². The van der Waals surface area contributed by atoms with E-state index >= 15 is 0 Å². The summed E-state index contributed by atoms with van der Waals surface area (Å²) in [6.07, 6.45) is 0. The van der Waals surface area contributed by atoms with E-state index in [0.717, 1.165) is 10.1 Å². The van der Waals surface area contributed by atoms with Crippen molar-refractivity contribution in [2.24, 2.45) is 4.99 Å². The third kappa shape index (κ3) is 3.68. The molecular formula is C22H18N2O6S. The van der Waals surface area contributed by atoms with Crippen LogP contribution in [0.2, 0.25) is 0 Å². The molecule has 3 heterocycles. The number of nitrogens with zero attached hydrogens (tertiary/aromatic N) is 2. The molecule has 0 radical (unpaired) electrons. The zero-order chi connectivity index (χ0) is 21.4. The summed E-state index contributed by atoms with van der Waals surface area (Å²) < 4.78 is 24.5. The highest BCUT2D eigenvalue weighted by Gasteiger charge is 2.19. The fourth-order valence-electron chi connectivity index (χ4n) is 3.41. The fourth-order valence-corrected chi connectivity index (χ4v) is 4.45.